The molecule has 1 fully saturated rings. The Balaban J connectivity index is 1.56. The first kappa shape index (κ1) is 20.4. The van der Waals surface area contributed by atoms with Crippen LogP contribution in [0.15, 0.2) is 29.1 Å². The number of benzene rings is 1. The number of aromatic nitrogens is 2. The van der Waals surface area contributed by atoms with Gasteiger partial charge in [-0.25, -0.2) is 4.68 Å². The first-order valence-corrected chi connectivity index (χ1v) is 9.90. The van der Waals surface area contributed by atoms with Gasteiger partial charge >= 0.3 is 0 Å². The van der Waals surface area contributed by atoms with Gasteiger partial charge in [0.05, 0.1) is 11.8 Å². The summed E-state index contributed by atoms with van der Waals surface area (Å²) in [5.41, 5.74) is 4.08. The number of hydrogen-bond donors (Lipinski definition) is 2. The minimum atomic E-state index is -0.734. The molecule has 7 heteroatoms. The molecule has 0 bridgehead atoms. The van der Waals surface area contributed by atoms with E-state index in [4.69, 9.17) is 0 Å². The Morgan fingerprint density at radius 2 is 1.79 bits per heavy atom. The molecular formula is C21H31N5O2. The van der Waals surface area contributed by atoms with Crippen LogP contribution in [0.4, 0.5) is 11.4 Å². The molecule has 1 aliphatic heterocycles. The molecule has 1 atom stereocenters. The van der Waals surface area contributed by atoms with Crippen molar-refractivity contribution in [2.45, 2.75) is 26.9 Å². The Labute approximate surface area is 166 Å². The molecule has 1 saturated heterocycles. The van der Waals surface area contributed by atoms with Crippen molar-refractivity contribution in [3.05, 3.63) is 51.4 Å². The molecule has 1 aromatic heterocycles. The Bertz CT molecular complexity index is 852. The van der Waals surface area contributed by atoms with Gasteiger partial charge in [0.25, 0.3) is 5.56 Å². The summed E-state index contributed by atoms with van der Waals surface area (Å²) >= 11 is 0. The van der Waals surface area contributed by atoms with Crippen molar-refractivity contribution in [3.8, 4) is 0 Å². The normalized spacial score (nSPS) is 16.2. The summed E-state index contributed by atoms with van der Waals surface area (Å²) in [7, 11) is 1.64. The highest BCUT2D eigenvalue weighted by Crippen LogP contribution is 2.21. The van der Waals surface area contributed by atoms with Crippen LogP contribution in [-0.2, 0) is 7.05 Å². The fourth-order valence-corrected chi connectivity index (χ4v) is 3.79. The lowest BCUT2D eigenvalue weighted by Crippen LogP contribution is -2.47. The first-order chi connectivity index (χ1) is 13.4. The van der Waals surface area contributed by atoms with E-state index in [1.807, 2.05) is 6.92 Å². The number of aryl methyl sites for hydroxylation is 3. The fourth-order valence-electron chi connectivity index (χ4n) is 3.79. The number of nitrogens with one attached hydrogen (secondary N) is 1. The SMILES string of the molecule is Cc1ccc(N2CCN(CCNc3c(C(C)O)c(C)nn(C)c3=O)CC2)cc1. The van der Waals surface area contributed by atoms with Crippen LogP contribution in [0.3, 0.4) is 0 Å². The summed E-state index contributed by atoms with van der Waals surface area (Å²) in [5.74, 6) is 0. The predicted octanol–water partition coefficient (Wildman–Crippen LogP) is 1.68. The monoisotopic (exact) mass is 385 g/mol. The molecule has 1 unspecified atom stereocenters. The molecule has 1 aromatic carbocycles. The van der Waals surface area contributed by atoms with E-state index < -0.39 is 6.10 Å². The van der Waals surface area contributed by atoms with E-state index >= 15 is 0 Å². The highest BCUT2D eigenvalue weighted by Gasteiger charge is 2.19. The lowest BCUT2D eigenvalue weighted by atomic mass is 10.1. The molecule has 2 aromatic rings. The number of hydrogen-bond acceptors (Lipinski definition) is 6. The van der Waals surface area contributed by atoms with Gasteiger partial charge in [0.2, 0.25) is 0 Å². The van der Waals surface area contributed by atoms with Gasteiger partial charge in [-0.05, 0) is 32.9 Å². The van der Waals surface area contributed by atoms with Gasteiger partial charge in [-0.2, -0.15) is 5.10 Å². The van der Waals surface area contributed by atoms with Gasteiger partial charge in [0.15, 0.2) is 0 Å². The molecule has 2 heterocycles. The van der Waals surface area contributed by atoms with E-state index in [1.54, 1.807) is 14.0 Å². The van der Waals surface area contributed by atoms with E-state index in [-0.39, 0.29) is 5.56 Å². The van der Waals surface area contributed by atoms with Crippen LogP contribution in [0.1, 0.15) is 29.8 Å². The number of rotatable bonds is 6. The second-order valence-corrected chi connectivity index (χ2v) is 7.57. The third-order valence-electron chi connectivity index (χ3n) is 5.39. The number of nitrogens with zero attached hydrogens (tertiary/aromatic N) is 4. The first-order valence-electron chi connectivity index (χ1n) is 9.90. The predicted molar refractivity (Wildman–Crippen MR) is 113 cm³/mol. The largest absolute Gasteiger partial charge is 0.389 e. The lowest BCUT2D eigenvalue weighted by molar-refractivity contribution is 0.198. The van der Waals surface area contributed by atoms with Gasteiger partial charge in [-0.3, -0.25) is 9.69 Å². The topological polar surface area (TPSA) is 73.6 Å². The van der Waals surface area contributed by atoms with Gasteiger partial charge < -0.3 is 15.3 Å². The molecule has 0 saturated carbocycles. The molecule has 152 valence electrons. The van der Waals surface area contributed by atoms with Crippen molar-refractivity contribution in [1.82, 2.24) is 14.7 Å². The molecule has 1 aliphatic rings. The van der Waals surface area contributed by atoms with Crippen LogP contribution in [0, 0.1) is 13.8 Å². The van der Waals surface area contributed by atoms with Crippen molar-refractivity contribution >= 4 is 11.4 Å². The highest BCUT2D eigenvalue weighted by molar-refractivity contribution is 5.52. The fraction of sp³-hybridized carbons (Fsp3) is 0.524. The third kappa shape index (κ3) is 4.54. The Morgan fingerprint density at radius 3 is 2.39 bits per heavy atom. The molecule has 0 aliphatic carbocycles. The minimum absolute atomic E-state index is 0.203. The average molecular weight is 386 g/mol. The Hall–Kier alpha value is -2.38. The summed E-state index contributed by atoms with van der Waals surface area (Å²) < 4.78 is 1.32. The summed E-state index contributed by atoms with van der Waals surface area (Å²) in [6.45, 7) is 11.1. The molecule has 3 rings (SSSR count). The van der Waals surface area contributed by atoms with Crippen LogP contribution in [0.25, 0.3) is 0 Å². The molecule has 2 N–H and O–H groups in total. The molecule has 7 nitrogen and oxygen atoms in total. The smallest absolute Gasteiger partial charge is 0.290 e. The maximum atomic E-state index is 12.5. The molecule has 0 spiro atoms. The van der Waals surface area contributed by atoms with Gasteiger partial charge in [0.1, 0.15) is 5.69 Å². The van der Waals surface area contributed by atoms with Gasteiger partial charge in [-0.15, -0.1) is 0 Å². The third-order valence-corrected chi connectivity index (χ3v) is 5.39. The maximum Gasteiger partial charge on any atom is 0.290 e. The molecule has 28 heavy (non-hydrogen) atoms. The van der Waals surface area contributed by atoms with Crippen LogP contribution in [0.5, 0.6) is 0 Å². The zero-order valence-electron chi connectivity index (χ0n) is 17.3. The number of anilines is 2. The number of aliphatic hydroxyl groups is 1. The zero-order chi connectivity index (χ0) is 20.3. The van der Waals surface area contributed by atoms with E-state index in [1.165, 1.54) is 15.9 Å². The van der Waals surface area contributed by atoms with Crippen LogP contribution in [0.2, 0.25) is 0 Å². The zero-order valence-corrected chi connectivity index (χ0v) is 17.3. The average Bonchev–Trinajstić information content (AvgIpc) is 2.66. The van der Waals surface area contributed by atoms with Crippen LogP contribution in [-0.4, -0.2) is 59.1 Å². The highest BCUT2D eigenvalue weighted by atomic mass is 16.3. The van der Waals surface area contributed by atoms with Crippen molar-refractivity contribution in [2.75, 3.05) is 49.5 Å². The van der Waals surface area contributed by atoms with E-state index in [2.05, 4.69) is 51.4 Å². The van der Waals surface area contributed by atoms with Crippen molar-refractivity contribution in [2.24, 2.45) is 7.05 Å². The Kier molecular flexibility index (Phi) is 6.36. The molecule has 0 radical (unpaired) electrons. The summed E-state index contributed by atoms with van der Waals surface area (Å²) in [4.78, 5) is 17.3. The lowest BCUT2D eigenvalue weighted by Gasteiger charge is -2.36. The maximum absolute atomic E-state index is 12.5. The van der Waals surface area contributed by atoms with E-state index in [9.17, 15) is 9.90 Å². The number of aliphatic hydroxyl groups excluding tert-OH is 1. The summed E-state index contributed by atoms with van der Waals surface area (Å²) in [6, 6.07) is 8.68. The second-order valence-electron chi connectivity index (χ2n) is 7.57. The molecule has 0 amide bonds. The quantitative estimate of drug-likeness (QED) is 0.788. The summed E-state index contributed by atoms with van der Waals surface area (Å²) in [5, 5.41) is 17.5. The van der Waals surface area contributed by atoms with E-state index in [0.717, 1.165) is 32.7 Å². The van der Waals surface area contributed by atoms with Gasteiger partial charge in [0, 0.05) is 57.6 Å². The van der Waals surface area contributed by atoms with Gasteiger partial charge in [-0.1, -0.05) is 17.7 Å². The summed E-state index contributed by atoms with van der Waals surface area (Å²) in [6.07, 6.45) is -0.734. The van der Waals surface area contributed by atoms with Crippen LogP contribution >= 0.6 is 0 Å². The standard InChI is InChI=1S/C21H31N5O2/c1-15-5-7-18(8-6-15)26-13-11-25(12-14-26)10-9-22-20-19(17(3)27)16(2)23-24(4)21(20)28/h5-8,17,22,27H,9-14H2,1-4H3. The molecular weight excluding hydrogens is 354 g/mol. The second kappa shape index (κ2) is 8.75. The van der Waals surface area contributed by atoms with Crippen molar-refractivity contribution in [1.29, 1.82) is 0 Å². The van der Waals surface area contributed by atoms with Crippen molar-refractivity contribution in [3.63, 3.8) is 0 Å². The van der Waals surface area contributed by atoms with Crippen molar-refractivity contribution < 1.29 is 5.11 Å². The Morgan fingerprint density at radius 1 is 1.14 bits per heavy atom. The van der Waals surface area contributed by atoms with Crippen LogP contribution < -0.4 is 15.8 Å². The van der Waals surface area contributed by atoms with E-state index in [0.29, 0.717) is 23.5 Å². The number of piperazine rings is 1. The minimum Gasteiger partial charge on any atom is -0.389 e.